The number of rotatable bonds is 6. The minimum Gasteiger partial charge on any atom is -0.393 e. The summed E-state index contributed by atoms with van der Waals surface area (Å²) in [6, 6.07) is 4.57. The summed E-state index contributed by atoms with van der Waals surface area (Å²) in [5.74, 6) is -0.0554. The zero-order chi connectivity index (χ0) is 23.8. The predicted octanol–water partition coefficient (Wildman–Crippen LogP) is 3.90. The van der Waals surface area contributed by atoms with Crippen molar-refractivity contribution in [2.75, 3.05) is 10.6 Å². The standard InChI is InChI=1S/C23H27ClFN7O2/c24-16-2-1-3-17(25)19(16)30-23-29-18-11-27-22(28-13-6-9-15(33)10-13)31-21(18)32(23)14-7-4-12(5-8-14)20(26)34/h1-3,11-15,33H,4-10H2,(H2,26,34)(H,29,30)(H,27,28,31)/t12?,13-,14?,15-/m1/s1. The monoisotopic (exact) mass is 487 g/mol. The number of carbonyl (C=O) groups is 1. The molecule has 2 aromatic heterocycles. The van der Waals surface area contributed by atoms with Gasteiger partial charge in [-0.3, -0.25) is 9.36 Å². The van der Waals surface area contributed by atoms with Crippen LogP contribution in [0.15, 0.2) is 24.4 Å². The van der Waals surface area contributed by atoms with Crippen molar-refractivity contribution in [3.8, 4) is 0 Å². The number of hydrogen-bond acceptors (Lipinski definition) is 7. The van der Waals surface area contributed by atoms with Crippen molar-refractivity contribution in [1.29, 1.82) is 0 Å². The molecule has 180 valence electrons. The van der Waals surface area contributed by atoms with Crippen LogP contribution in [0.5, 0.6) is 0 Å². The van der Waals surface area contributed by atoms with Crippen molar-refractivity contribution in [2.45, 2.75) is 63.1 Å². The largest absolute Gasteiger partial charge is 0.393 e. The molecule has 2 fully saturated rings. The van der Waals surface area contributed by atoms with Crippen molar-refractivity contribution < 1.29 is 14.3 Å². The van der Waals surface area contributed by atoms with Gasteiger partial charge in [0.15, 0.2) is 5.65 Å². The molecule has 0 aliphatic heterocycles. The number of aliphatic hydroxyl groups excluding tert-OH is 1. The molecule has 0 bridgehead atoms. The number of carbonyl (C=O) groups excluding carboxylic acids is 1. The van der Waals surface area contributed by atoms with E-state index in [1.165, 1.54) is 6.07 Å². The second kappa shape index (κ2) is 9.34. The molecule has 34 heavy (non-hydrogen) atoms. The lowest BCUT2D eigenvalue weighted by Crippen LogP contribution is -2.29. The molecular formula is C23H27ClFN7O2. The van der Waals surface area contributed by atoms with E-state index in [1.807, 2.05) is 4.57 Å². The number of nitrogens with zero attached hydrogens (tertiary/aromatic N) is 4. The SMILES string of the molecule is NC(=O)C1CCC(n2c(Nc3c(F)cccc3Cl)nc3cnc(N[C@@H]4CC[C@@H](O)C4)nc32)CC1. The number of para-hydroxylation sites is 1. The second-order valence-electron chi connectivity index (χ2n) is 9.15. The molecule has 0 radical (unpaired) electrons. The molecule has 3 aromatic rings. The van der Waals surface area contributed by atoms with Crippen molar-refractivity contribution in [3.63, 3.8) is 0 Å². The molecule has 1 aromatic carbocycles. The Hall–Kier alpha value is -2.98. The highest BCUT2D eigenvalue weighted by Crippen LogP contribution is 2.38. The maximum atomic E-state index is 14.5. The van der Waals surface area contributed by atoms with E-state index in [0.29, 0.717) is 55.2 Å². The van der Waals surface area contributed by atoms with Gasteiger partial charge in [0.1, 0.15) is 11.3 Å². The van der Waals surface area contributed by atoms with Crippen LogP contribution in [0.1, 0.15) is 51.0 Å². The summed E-state index contributed by atoms with van der Waals surface area (Å²) in [6.07, 6.45) is 6.31. The van der Waals surface area contributed by atoms with E-state index in [4.69, 9.17) is 22.3 Å². The number of nitrogens with two attached hydrogens (primary N) is 1. The van der Waals surface area contributed by atoms with E-state index in [1.54, 1.807) is 18.3 Å². The van der Waals surface area contributed by atoms with Crippen molar-refractivity contribution >= 4 is 46.3 Å². The lowest BCUT2D eigenvalue weighted by atomic mass is 9.85. The van der Waals surface area contributed by atoms with E-state index >= 15 is 0 Å². The number of fused-ring (bicyclic) bond motifs is 1. The molecule has 2 aliphatic carbocycles. The van der Waals surface area contributed by atoms with Gasteiger partial charge in [0.05, 0.1) is 23.0 Å². The zero-order valence-corrected chi connectivity index (χ0v) is 19.3. The topological polar surface area (TPSA) is 131 Å². The summed E-state index contributed by atoms with van der Waals surface area (Å²) in [5.41, 5.74) is 6.82. The van der Waals surface area contributed by atoms with Crippen LogP contribution in [0.25, 0.3) is 11.2 Å². The lowest BCUT2D eigenvalue weighted by Gasteiger charge is -2.29. The van der Waals surface area contributed by atoms with E-state index in [0.717, 1.165) is 12.8 Å². The second-order valence-corrected chi connectivity index (χ2v) is 9.55. The molecule has 2 atom stereocenters. The van der Waals surface area contributed by atoms with Crippen LogP contribution in [0.2, 0.25) is 5.02 Å². The molecule has 2 aliphatic rings. The number of benzene rings is 1. The van der Waals surface area contributed by atoms with Crippen LogP contribution in [-0.4, -0.2) is 42.7 Å². The maximum absolute atomic E-state index is 14.5. The Labute approximate surface area is 200 Å². The molecule has 9 nitrogen and oxygen atoms in total. The minimum absolute atomic E-state index is 0.00954. The lowest BCUT2D eigenvalue weighted by molar-refractivity contribution is -0.122. The first-order valence-electron chi connectivity index (χ1n) is 11.6. The number of aromatic nitrogens is 4. The van der Waals surface area contributed by atoms with Gasteiger partial charge in [-0.2, -0.15) is 4.98 Å². The van der Waals surface area contributed by atoms with Crippen molar-refractivity contribution in [2.24, 2.45) is 11.7 Å². The number of hydrogen-bond donors (Lipinski definition) is 4. The molecule has 2 heterocycles. The van der Waals surface area contributed by atoms with Crippen LogP contribution in [0.3, 0.4) is 0 Å². The van der Waals surface area contributed by atoms with Crippen LogP contribution < -0.4 is 16.4 Å². The van der Waals surface area contributed by atoms with Crippen molar-refractivity contribution in [1.82, 2.24) is 19.5 Å². The summed E-state index contributed by atoms with van der Waals surface area (Å²) in [6.45, 7) is 0. The van der Waals surface area contributed by atoms with Gasteiger partial charge >= 0.3 is 0 Å². The Bertz CT molecular complexity index is 1190. The first-order valence-corrected chi connectivity index (χ1v) is 12.0. The van der Waals surface area contributed by atoms with Crippen molar-refractivity contribution in [3.05, 3.63) is 35.2 Å². The first-order chi connectivity index (χ1) is 16.4. The Morgan fingerprint density at radius 1 is 1.18 bits per heavy atom. The molecular weight excluding hydrogens is 461 g/mol. The zero-order valence-electron chi connectivity index (χ0n) is 18.5. The predicted molar refractivity (Wildman–Crippen MR) is 127 cm³/mol. The minimum atomic E-state index is -0.489. The van der Waals surface area contributed by atoms with E-state index in [2.05, 4.69) is 20.6 Å². The summed E-state index contributed by atoms with van der Waals surface area (Å²) in [7, 11) is 0. The highest BCUT2D eigenvalue weighted by atomic mass is 35.5. The van der Waals surface area contributed by atoms with Crippen LogP contribution in [-0.2, 0) is 4.79 Å². The van der Waals surface area contributed by atoms with Gasteiger partial charge in [-0.05, 0) is 57.1 Å². The third kappa shape index (κ3) is 4.52. The number of amides is 1. The number of nitrogens with one attached hydrogen (secondary N) is 2. The summed E-state index contributed by atoms with van der Waals surface area (Å²) < 4.78 is 16.5. The normalized spacial score (nSPS) is 24.9. The van der Waals surface area contributed by atoms with Gasteiger partial charge in [0.2, 0.25) is 17.8 Å². The summed E-state index contributed by atoms with van der Waals surface area (Å²) in [5, 5.41) is 16.4. The third-order valence-electron chi connectivity index (χ3n) is 6.83. The third-order valence-corrected chi connectivity index (χ3v) is 7.15. The number of anilines is 3. The Balaban J connectivity index is 1.52. The Kier molecular flexibility index (Phi) is 6.26. The van der Waals surface area contributed by atoms with Crippen LogP contribution in [0, 0.1) is 11.7 Å². The molecule has 1 amide bonds. The summed E-state index contributed by atoms with van der Waals surface area (Å²) >= 11 is 6.25. The van der Waals surface area contributed by atoms with Crippen LogP contribution >= 0.6 is 11.6 Å². The molecule has 5 N–H and O–H groups in total. The molecule has 2 saturated carbocycles. The average Bonchev–Trinajstić information content (AvgIpc) is 3.38. The van der Waals surface area contributed by atoms with E-state index in [9.17, 15) is 14.3 Å². The number of aliphatic hydroxyl groups is 1. The van der Waals surface area contributed by atoms with Gasteiger partial charge in [0, 0.05) is 18.0 Å². The fraction of sp³-hybridized carbons (Fsp3) is 0.478. The van der Waals surface area contributed by atoms with Gasteiger partial charge in [0.25, 0.3) is 0 Å². The fourth-order valence-corrected chi connectivity index (χ4v) is 5.22. The molecule has 5 rings (SSSR count). The maximum Gasteiger partial charge on any atom is 0.224 e. The molecule has 11 heteroatoms. The summed E-state index contributed by atoms with van der Waals surface area (Å²) in [4.78, 5) is 25.5. The fourth-order valence-electron chi connectivity index (χ4n) is 5.01. The number of imidazole rings is 1. The van der Waals surface area contributed by atoms with Crippen LogP contribution in [0.4, 0.5) is 22.0 Å². The molecule has 0 spiro atoms. The van der Waals surface area contributed by atoms with E-state index < -0.39 is 5.82 Å². The number of halogens is 2. The highest BCUT2D eigenvalue weighted by Gasteiger charge is 2.30. The Morgan fingerprint density at radius 2 is 1.97 bits per heavy atom. The average molecular weight is 488 g/mol. The number of primary amides is 1. The van der Waals surface area contributed by atoms with Gasteiger partial charge in [-0.1, -0.05) is 17.7 Å². The van der Waals surface area contributed by atoms with Gasteiger partial charge < -0.3 is 21.5 Å². The van der Waals surface area contributed by atoms with Gasteiger partial charge in [-0.15, -0.1) is 0 Å². The van der Waals surface area contributed by atoms with E-state index in [-0.39, 0.29) is 40.7 Å². The Morgan fingerprint density at radius 3 is 2.65 bits per heavy atom. The molecule has 0 saturated heterocycles. The quantitative estimate of drug-likeness (QED) is 0.414. The smallest absolute Gasteiger partial charge is 0.224 e. The first kappa shape index (κ1) is 22.8. The highest BCUT2D eigenvalue weighted by molar-refractivity contribution is 6.33. The van der Waals surface area contributed by atoms with Gasteiger partial charge in [-0.25, -0.2) is 14.4 Å². The molecule has 0 unspecified atom stereocenters.